The van der Waals surface area contributed by atoms with E-state index in [9.17, 15) is 4.79 Å². The first-order valence-corrected chi connectivity index (χ1v) is 10.5. The van der Waals surface area contributed by atoms with Crippen LogP contribution in [0.25, 0.3) is 0 Å². The van der Waals surface area contributed by atoms with Crippen LogP contribution < -0.4 is 10.6 Å². The second-order valence-corrected chi connectivity index (χ2v) is 8.17. The fourth-order valence-electron chi connectivity index (χ4n) is 4.33. The first kappa shape index (κ1) is 26.2. The molecule has 7 heteroatoms. The third-order valence-corrected chi connectivity index (χ3v) is 6.05. The zero-order valence-electron chi connectivity index (χ0n) is 17.7. The summed E-state index contributed by atoms with van der Waals surface area (Å²) in [5.41, 5.74) is 2.54. The van der Waals surface area contributed by atoms with Gasteiger partial charge in [-0.1, -0.05) is 36.8 Å². The van der Waals surface area contributed by atoms with Crippen molar-refractivity contribution in [2.75, 3.05) is 45.9 Å². The number of nitrogens with zero attached hydrogens (tertiary/aromatic N) is 1. The Kier molecular flexibility index (Phi) is 12.1. The molecule has 0 spiro atoms. The molecule has 0 radical (unpaired) electrons. The van der Waals surface area contributed by atoms with Crippen LogP contribution in [0.2, 0.25) is 0 Å². The van der Waals surface area contributed by atoms with Gasteiger partial charge in [-0.3, -0.25) is 9.69 Å². The number of benzene rings is 1. The molecule has 2 aliphatic heterocycles. The molecule has 2 heterocycles. The summed E-state index contributed by atoms with van der Waals surface area (Å²) in [5.74, 6) is 1.23. The Morgan fingerprint density at radius 2 is 2.07 bits per heavy atom. The number of aryl methyl sites for hydroxylation is 1. The molecule has 2 saturated heterocycles. The Labute approximate surface area is 188 Å². The smallest absolute Gasteiger partial charge is 0.220 e. The molecular formula is C22H37Cl2N3O2. The molecule has 2 fully saturated rings. The van der Waals surface area contributed by atoms with E-state index in [1.54, 1.807) is 0 Å². The number of nitrogens with one attached hydrogen (secondary N) is 2. The molecule has 3 unspecified atom stereocenters. The Bertz CT molecular complexity index is 605. The van der Waals surface area contributed by atoms with Crippen molar-refractivity contribution in [2.24, 2.45) is 11.8 Å². The summed E-state index contributed by atoms with van der Waals surface area (Å²) in [6.07, 6.45) is 3.08. The van der Waals surface area contributed by atoms with Gasteiger partial charge in [-0.15, -0.1) is 24.8 Å². The summed E-state index contributed by atoms with van der Waals surface area (Å²) in [6.45, 7) is 10.5. The summed E-state index contributed by atoms with van der Waals surface area (Å²) >= 11 is 0. The highest BCUT2D eigenvalue weighted by Crippen LogP contribution is 2.24. The Hall–Kier alpha value is -0.850. The van der Waals surface area contributed by atoms with Crippen LogP contribution in [0.1, 0.15) is 43.4 Å². The van der Waals surface area contributed by atoms with E-state index in [-0.39, 0.29) is 36.8 Å². The fourth-order valence-corrected chi connectivity index (χ4v) is 4.33. The average molecular weight is 446 g/mol. The van der Waals surface area contributed by atoms with Crippen molar-refractivity contribution in [1.29, 1.82) is 0 Å². The summed E-state index contributed by atoms with van der Waals surface area (Å²) in [5, 5.41) is 6.68. The van der Waals surface area contributed by atoms with Crippen molar-refractivity contribution >= 4 is 30.7 Å². The molecule has 0 aliphatic carbocycles. The van der Waals surface area contributed by atoms with Gasteiger partial charge in [0.1, 0.15) is 0 Å². The predicted octanol–water partition coefficient (Wildman–Crippen LogP) is 3.35. The number of carbonyl (C=O) groups excluding carboxylic acids is 1. The summed E-state index contributed by atoms with van der Waals surface area (Å²) in [6, 6.07) is 8.86. The number of hydrogen-bond acceptors (Lipinski definition) is 4. The van der Waals surface area contributed by atoms with Gasteiger partial charge in [-0.25, -0.2) is 0 Å². The van der Waals surface area contributed by atoms with E-state index in [1.165, 1.54) is 24.0 Å². The van der Waals surface area contributed by atoms with E-state index in [0.717, 1.165) is 39.4 Å². The second kappa shape index (κ2) is 13.5. The topological polar surface area (TPSA) is 53.6 Å². The van der Waals surface area contributed by atoms with Gasteiger partial charge < -0.3 is 15.4 Å². The van der Waals surface area contributed by atoms with Crippen molar-refractivity contribution in [3.63, 3.8) is 0 Å². The Morgan fingerprint density at radius 1 is 1.31 bits per heavy atom. The van der Waals surface area contributed by atoms with Crippen LogP contribution in [-0.2, 0) is 9.53 Å². The van der Waals surface area contributed by atoms with E-state index in [1.807, 2.05) is 0 Å². The number of ether oxygens (including phenoxy) is 1. The molecule has 0 bridgehead atoms. The van der Waals surface area contributed by atoms with Gasteiger partial charge in [-0.05, 0) is 50.3 Å². The monoisotopic (exact) mass is 445 g/mol. The Morgan fingerprint density at radius 3 is 2.72 bits per heavy atom. The van der Waals surface area contributed by atoms with Gasteiger partial charge in [0, 0.05) is 26.1 Å². The molecule has 1 aromatic carbocycles. The lowest BCUT2D eigenvalue weighted by Gasteiger charge is -2.35. The van der Waals surface area contributed by atoms with Crippen molar-refractivity contribution in [3.05, 3.63) is 35.4 Å². The molecule has 3 atom stereocenters. The lowest BCUT2D eigenvalue weighted by atomic mass is 9.85. The van der Waals surface area contributed by atoms with Gasteiger partial charge in [0.25, 0.3) is 0 Å². The third-order valence-electron chi connectivity index (χ3n) is 6.05. The number of morpholine rings is 1. The lowest BCUT2D eigenvalue weighted by Crippen LogP contribution is -2.44. The molecule has 2 N–H and O–H groups in total. The third kappa shape index (κ3) is 8.06. The highest BCUT2D eigenvalue weighted by molar-refractivity contribution is 5.85. The van der Waals surface area contributed by atoms with Gasteiger partial charge in [-0.2, -0.15) is 0 Å². The highest BCUT2D eigenvalue weighted by Gasteiger charge is 2.25. The zero-order valence-corrected chi connectivity index (χ0v) is 19.3. The van der Waals surface area contributed by atoms with E-state index in [4.69, 9.17) is 4.74 Å². The molecule has 29 heavy (non-hydrogen) atoms. The van der Waals surface area contributed by atoms with Crippen LogP contribution in [0.15, 0.2) is 24.3 Å². The maximum absolute atomic E-state index is 12.6. The number of piperidine rings is 1. The number of halogens is 2. The van der Waals surface area contributed by atoms with Crippen molar-refractivity contribution in [1.82, 2.24) is 15.5 Å². The van der Waals surface area contributed by atoms with Gasteiger partial charge in [0.15, 0.2) is 0 Å². The molecular weight excluding hydrogens is 409 g/mol. The average Bonchev–Trinajstić information content (AvgIpc) is 2.70. The number of rotatable bonds is 7. The normalized spacial score (nSPS) is 21.9. The van der Waals surface area contributed by atoms with Crippen LogP contribution in [0.5, 0.6) is 0 Å². The minimum Gasteiger partial charge on any atom is -0.379 e. The molecule has 3 rings (SSSR count). The highest BCUT2D eigenvalue weighted by atomic mass is 35.5. The van der Waals surface area contributed by atoms with Crippen LogP contribution in [0.3, 0.4) is 0 Å². The van der Waals surface area contributed by atoms with E-state index < -0.39 is 0 Å². The molecule has 1 aromatic rings. The minimum atomic E-state index is 0. The van der Waals surface area contributed by atoms with Gasteiger partial charge >= 0.3 is 0 Å². The molecule has 1 amide bonds. The SMILES string of the molecule is Cc1cccc(C(CNC(=O)CC(C)C2CCCNC2)N2CCOCC2)c1.Cl.Cl. The van der Waals surface area contributed by atoms with Gasteiger partial charge in [0.05, 0.1) is 19.3 Å². The Balaban J connectivity index is 0.00000210. The maximum atomic E-state index is 12.6. The second-order valence-electron chi connectivity index (χ2n) is 8.17. The molecule has 2 aliphatic rings. The summed E-state index contributed by atoms with van der Waals surface area (Å²) < 4.78 is 5.52. The zero-order chi connectivity index (χ0) is 19.1. The van der Waals surface area contributed by atoms with E-state index in [2.05, 4.69) is 53.6 Å². The van der Waals surface area contributed by atoms with E-state index in [0.29, 0.717) is 24.8 Å². The summed E-state index contributed by atoms with van der Waals surface area (Å²) in [4.78, 5) is 15.0. The van der Waals surface area contributed by atoms with Crippen molar-refractivity contribution < 1.29 is 9.53 Å². The van der Waals surface area contributed by atoms with Crippen molar-refractivity contribution in [3.8, 4) is 0 Å². The van der Waals surface area contributed by atoms with Crippen LogP contribution in [0.4, 0.5) is 0 Å². The minimum absolute atomic E-state index is 0. The largest absolute Gasteiger partial charge is 0.379 e. The number of carbonyl (C=O) groups is 1. The lowest BCUT2D eigenvalue weighted by molar-refractivity contribution is -0.122. The maximum Gasteiger partial charge on any atom is 0.220 e. The first-order chi connectivity index (χ1) is 13.1. The van der Waals surface area contributed by atoms with Crippen molar-refractivity contribution in [2.45, 2.75) is 39.2 Å². The first-order valence-electron chi connectivity index (χ1n) is 10.5. The number of amides is 1. The molecule has 0 saturated carbocycles. The fraction of sp³-hybridized carbons (Fsp3) is 0.682. The quantitative estimate of drug-likeness (QED) is 0.675. The predicted molar refractivity (Wildman–Crippen MR) is 123 cm³/mol. The summed E-state index contributed by atoms with van der Waals surface area (Å²) in [7, 11) is 0. The molecule has 5 nitrogen and oxygen atoms in total. The van der Waals surface area contributed by atoms with Crippen LogP contribution >= 0.6 is 24.8 Å². The van der Waals surface area contributed by atoms with Crippen LogP contribution in [-0.4, -0.2) is 56.7 Å². The van der Waals surface area contributed by atoms with E-state index >= 15 is 0 Å². The molecule has 0 aromatic heterocycles. The van der Waals surface area contributed by atoms with Gasteiger partial charge in [0.2, 0.25) is 5.91 Å². The molecule has 166 valence electrons. The van der Waals surface area contributed by atoms with Crippen LogP contribution in [0, 0.1) is 18.8 Å². The standard InChI is InChI=1S/C22H35N3O2.2ClH/c1-17-5-3-6-19(13-17)21(25-9-11-27-12-10-25)16-24-22(26)14-18(2)20-7-4-8-23-15-20;;/h3,5-6,13,18,20-21,23H,4,7-12,14-16H2,1-2H3,(H,24,26);2*1H. The number of hydrogen-bond donors (Lipinski definition) is 2.